The fraction of sp³-hybridized carbons (Fsp3) is 0. The van der Waals surface area contributed by atoms with Crippen LogP contribution in [0.4, 0.5) is 0 Å². The minimum absolute atomic E-state index is 0.181. The van der Waals surface area contributed by atoms with Gasteiger partial charge in [-0.2, -0.15) is 0 Å². The number of nitrogens with zero attached hydrogens (tertiary/aromatic N) is 1. The van der Waals surface area contributed by atoms with Crippen LogP contribution < -0.4 is 0 Å². The highest BCUT2D eigenvalue weighted by Gasteiger charge is 2.12. The average molecular weight is 252 g/mol. The summed E-state index contributed by atoms with van der Waals surface area (Å²) >= 11 is 11.2. The highest BCUT2D eigenvalue weighted by atomic mass is 35.5. The van der Waals surface area contributed by atoms with Gasteiger partial charge in [0.1, 0.15) is 10.8 Å². The van der Waals surface area contributed by atoms with Crippen molar-refractivity contribution in [1.29, 1.82) is 0 Å². The molecule has 1 aromatic carbocycles. The molecule has 80 valence electrons. The summed E-state index contributed by atoms with van der Waals surface area (Å²) in [5.41, 5.74) is 1.75. The van der Waals surface area contributed by atoms with Crippen molar-refractivity contribution in [3.63, 3.8) is 0 Å². The van der Waals surface area contributed by atoms with Crippen molar-refractivity contribution in [3.8, 4) is 11.1 Å². The Kier molecular flexibility index (Phi) is 3.22. The lowest BCUT2D eigenvalue weighted by Crippen LogP contribution is -1.98. The number of carbonyl (C=O) groups is 1. The molecule has 2 nitrogen and oxygen atoms in total. The van der Waals surface area contributed by atoms with Crippen LogP contribution in [0, 0.1) is 0 Å². The molecule has 0 unspecified atom stereocenters. The van der Waals surface area contributed by atoms with Crippen molar-refractivity contribution >= 4 is 28.4 Å². The smallest absolute Gasteiger partial charge is 0.271 e. The van der Waals surface area contributed by atoms with Crippen LogP contribution in [0.2, 0.25) is 5.15 Å². The average Bonchev–Trinajstić information content (AvgIpc) is 2.30. The molecule has 0 N–H and O–H groups in total. The molecule has 0 bridgehead atoms. The summed E-state index contributed by atoms with van der Waals surface area (Å²) < 4.78 is 0. The zero-order valence-corrected chi connectivity index (χ0v) is 9.66. The van der Waals surface area contributed by atoms with Crippen LogP contribution in [0.3, 0.4) is 0 Å². The van der Waals surface area contributed by atoms with E-state index in [1.807, 2.05) is 30.3 Å². The Morgan fingerprint density at radius 3 is 2.38 bits per heavy atom. The van der Waals surface area contributed by atoms with Crippen LogP contribution in [0.15, 0.2) is 42.5 Å². The molecule has 0 fully saturated rings. The van der Waals surface area contributed by atoms with Crippen LogP contribution in [-0.4, -0.2) is 10.2 Å². The standard InChI is InChI=1S/C12H7Cl2NO/c13-10-7-6-9(11(15-10)12(14)16)8-4-2-1-3-5-8/h1-7H. The van der Waals surface area contributed by atoms with E-state index < -0.39 is 5.24 Å². The largest absolute Gasteiger partial charge is 0.274 e. The molecule has 0 aliphatic heterocycles. The van der Waals surface area contributed by atoms with Crippen molar-refractivity contribution in [2.24, 2.45) is 0 Å². The summed E-state index contributed by atoms with van der Waals surface area (Å²) in [4.78, 5) is 15.2. The fourth-order valence-electron chi connectivity index (χ4n) is 1.44. The number of hydrogen-bond donors (Lipinski definition) is 0. The van der Waals surface area contributed by atoms with Gasteiger partial charge in [-0.1, -0.05) is 41.9 Å². The van der Waals surface area contributed by atoms with Gasteiger partial charge in [-0.3, -0.25) is 4.79 Å². The van der Waals surface area contributed by atoms with E-state index >= 15 is 0 Å². The van der Waals surface area contributed by atoms with Gasteiger partial charge in [0.15, 0.2) is 0 Å². The number of hydrogen-bond acceptors (Lipinski definition) is 2. The molecule has 1 aromatic heterocycles. The summed E-state index contributed by atoms with van der Waals surface area (Å²) in [5.74, 6) is 0. The van der Waals surface area contributed by atoms with Gasteiger partial charge in [0.25, 0.3) is 5.24 Å². The third-order valence-electron chi connectivity index (χ3n) is 2.13. The van der Waals surface area contributed by atoms with Crippen LogP contribution in [-0.2, 0) is 0 Å². The molecule has 2 rings (SSSR count). The number of rotatable bonds is 2. The molecular formula is C12H7Cl2NO. The van der Waals surface area contributed by atoms with Gasteiger partial charge in [0, 0.05) is 5.56 Å². The quantitative estimate of drug-likeness (QED) is 0.601. The lowest BCUT2D eigenvalue weighted by Gasteiger charge is -2.05. The Morgan fingerprint density at radius 1 is 1.06 bits per heavy atom. The molecule has 0 spiro atoms. The van der Waals surface area contributed by atoms with E-state index in [1.54, 1.807) is 12.1 Å². The summed E-state index contributed by atoms with van der Waals surface area (Å²) in [6.07, 6.45) is 0. The van der Waals surface area contributed by atoms with Crippen molar-refractivity contribution < 1.29 is 4.79 Å². The Balaban J connectivity index is 2.61. The van der Waals surface area contributed by atoms with E-state index in [1.165, 1.54) is 0 Å². The third kappa shape index (κ3) is 2.23. The van der Waals surface area contributed by atoms with Gasteiger partial charge in [0.05, 0.1) is 0 Å². The molecule has 0 aliphatic rings. The predicted molar refractivity (Wildman–Crippen MR) is 64.9 cm³/mol. The first-order valence-electron chi connectivity index (χ1n) is 4.60. The zero-order chi connectivity index (χ0) is 11.5. The van der Waals surface area contributed by atoms with Crippen LogP contribution in [0.1, 0.15) is 10.5 Å². The predicted octanol–water partition coefficient (Wildman–Crippen LogP) is 3.78. The van der Waals surface area contributed by atoms with Gasteiger partial charge < -0.3 is 0 Å². The van der Waals surface area contributed by atoms with E-state index in [0.717, 1.165) is 5.56 Å². The second-order valence-corrected chi connectivity index (χ2v) is 3.90. The molecule has 2 aromatic rings. The molecule has 4 heteroatoms. The van der Waals surface area contributed by atoms with E-state index in [2.05, 4.69) is 4.98 Å². The molecule has 0 amide bonds. The Hall–Kier alpha value is -1.38. The molecule has 0 saturated carbocycles. The van der Waals surface area contributed by atoms with E-state index in [9.17, 15) is 4.79 Å². The van der Waals surface area contributed by atoms with Crippen LogP contribution in [0.25, 0.3) is 11.1 Å². The maximum Gasteiger partial charge on any atom is 0.271 e. The maximum absolute atomic E-state index is 11.2. The van der Waals surface area contributed by atoms with Crippen molar-refractivity contribution in [2.45, 2.75) is 0 Å². The van der Waals surface area contributed by atoms with Crippen LogP contribution in [0.5, 0.6) is 0 Å². The normalized spacial score (nSPS) is 10.1. The summed E-state index contributed by atoms with van der Waals surface area (Å²) in [5, 5.41) is -0.356. The summed E-state index contributed by atoms with van der Waals surface area (Å²) in [6, 6.07) is 12.8. The van der Waals surface area contributed by atoms with E-state index in [4.69, 9.17) is 23.2 Å². The second kappa shape index (κ2) is 4.64. The molecule has 0 atom stereocenters. The van der Waals surface area contributed by atoms with Gasteiger partial charge in [-0.05, 0) is 29.3 Å². The highest BCUT2D eigenvalue weighted by Crippen LogP contribution is 2.24. The van der Waals surface area contributed by atoms with Crippen molar-refractivity contribution in [2.75, 3.05) is 0 Å². The van der Waals surface area contributed by atoms with Crippen LogP contribution >= 0.6 is 23.2 Å². The molecule has 1 heterocycles. The topological polar surface area (TPSA) is 30.0 Å². The zero-order valence-electron chi connectivity index (χ0n) is 8.15. The number of aromatic nitrogens is 1. The van der Waals surface area contributed by atoms with Gasteiger partial charge in [-0.15, -0.1) is 0 Å². The maximum atomic E-state index is 11.2. The minimum atomic E-state index is -0.610. The number of benzene rings is 1. The summed E-state index contributed by atoms with van der Waals surface area (Å²) in [6.45, 7) is 0. The van der Waals surface area contributed by atoms with Crippen molar-refractivity contribution in [1.82, 2.24) is 4.98 Å². The van der Waals surface area contributed by atoms with Gasteiger partial charge in [-0.25, -0.2) is 4.98 Å². The first kappa shape index (κ1) is 11.1. The van der Waals surface area contributed by atoms with E-state index in [0.29, 0.717) is 5.56 Å². The first-order valence-corrected chi connectivity index (χ1v) is 5.36. The Morgan fingerprint density at radius 2 is 1.75 bits per heavy atom. The second-order valence-electron chi connectivity index (χ2n) is 3.17. The first-order chi connectivity index (χ1) is 7.68. The fourth-order valence-corrected chi connectivity index (χ4v) is 1.73. The molecule has 0 saturated heterocycles. The third-order valence-corrected chi connectivity index (χ3v) is 2.52. The Labute approximate surface area is 103 Å². The van der Waals surface area contributed by atoms with E-state index in [-0.39, 0.29) is 10.8 Å². The van der Waals surface area contributed by atoms with Crippen molar-refractivity contribution in [3.05, 3.63) is 53.3 Å². The SMILES string of the molecule is O=C(Cl)c1nc(Cl)ccc1-c1ccccc1. The van der Waals surface area contributed by atoms with Gasteiger partial charge in [0.2, 0.25) is 0 Å². The molecule has 0 radical (unpaired) electrons. The number of carbonyl (C=O) groups excluding carboxylic acids is 1. The lowest BCUT2D eigenvalue weighted by molar-refractivity contribution is 0.107. The van der Waals surface area contributed by atoms with Gasteiger partial charge >= 0.3 is 0 Å². The molecule has 0 aliphatic carbocycles. The summed E-state index contributed by atoms with van der Waals surface area (Å²) in [7, 11) is 0. The monoisotopic (exact) mass is 251 g/mol. The molecular weight excluding hydrogens is 245 g/mol. The number of halogens is 2. The lowest BCUT2D eigenvalue weighted by atomic mass is 10.0. The minimum Gasteiger partial charge on any atom is -0.274 e. The molecule has 16 heavy (non-hydrogen) atoms. The number of pyridine rings is 1. The Bertz CT molecular complexity index is 526. The highest BCUT2D eigenvalue weighted by molar-refractivity contribution is 6.68.